The van der Waals surface area contributed by atoms with Gasteiger partial charge in [0.1, 0.15) is 0 Å². The molecule has 0 aliphatic carbocycles. The van der Waals surface area contributed by atoms with Crippen molar-refractivity contribution in [2.45, 2.75) is 18.2 Å². The minimum Gasteiger partial charge on any atom is -0.469 e. The molecule has 0 fully saturated rings. The summed E-state index contributed by atoms with van der Waals surface area (Å²) < 4.78 is 4.65. The molecule has 2 nitrogen and oxygen atoms in total. The van der Waals surface area contributed by atoms with Gasteiger partial charge in [0, 0.05) is 6.42 Å². The fraction of sp³-hybridized carbons (Fsp3) is 0.235. The van der Waals surface area contributed by atoms with E-state index >= 15 is 0 Å². The molecule has 2 aromatic rings. The van der Waals surface area contributed by atoms with Crippen LogP contribution in [0.25, 0.3) is 0 Å². The van der Waals surface area contributed by atoms with E-state index in [1.807, 2.05) is 54.6 Å². The second kappa shape index (κ2) is 7.11. The number of esters is 1. The Balaban J connectivity index is 2.11. The lowest BCUT2D eigenvalue weighted by Crippen LogP contribution is -2.02. The first kappa shape index (κ1) is 14.6. The first-order valence-electron chi connectivity index (χ1n) is 6.55. The molecule has 0 saturated heterocycles. The van der Waals surface area contributed by atoms with Crippen molar-refractivity contribution < 1.29 is 9.53 Å². The van der Waals surface area contributed by atoms with Crippen LogP contribution in [0.5, 0.6) is 0 Å². The van der Waals surface area contributed by atoms with Crippen LogP contribution >= 0.6 is 11.6 Å². The third-order valence-corrected chi connectivity index (χ3v) is 3.69. The molecule has 0 aromatic heterocycles. The number of alkyl halides is 1. The molecule has 0 N–H and O–H groups in total. The Kier molecular flexibility index (Phi) is 5.19. The van der Waals surface area contributed by atoms with Gasteiger partial charge >= 0.3 is 5.97 Å². The zero-order valence-electron chi connectivity index (χ0n) is 11.4. The number of ether oxygens (including phenoxy) is 1. The van der Waals surface area contributed by atoms with Crippen molar-refractivity contribution in [3.8, 4) is 0 Å². The van der Waals surface area contributed by atoms with E-state index in [2.05, 4.69) is 4.74 Å². The van der Waals surface area contributed by atoms with Gasteiger partial charge in [-0.1, -0.05) is 54.6 Å². The van der Waals surface area contributed by atoms with Crippen molar-refractivity contribution in [3.63, 3.8) is 0 Å². The van der Waals surface area contributed by atoms with E-state index in [0.29, 0.717) is 12.8 Å². The van der Waals surface area contributed by atoms with Crippen molar-refractivity contribution in [2.75, 3.05) is 7.11 Å². The van der Waals surface area contributed by atoms with Crippen LogP contribution in [0.4, 0.5) is 0 Å². The molecule has 20 heavy (non-hydrogen) atoms. The van der Waals surface area contributed by atoms with Gasteiger partial charge in [0.2, 0.25) is 0 Å². The van der Waals surface area contributed by atoms with E-state index in [4.69, 9.17) is 11.6 Å². The van der Waals surface area contributed by atoms with Crippen molar-refractivity contribution >= 4 is 17.6 Å². The average molecular weight is 289 g/mol. The normalized spacial score (nSPS) is 11.9. The Morgan fingerprint density at radius 1 is 1.10 bits per heavy atom. The molecule has 1 unspecified atom stereocenters. The van der Waals surface area contributed by atoms with Gasteiger partial charge in [-0.05, 0) is 23.1 Å². The van der Waals surface area contributed by atoms with Gasteiger partial charge in [-0.25, -0.2) is 0 Å². The SMILES string of the molecule is COC(=O)CCc1cccc(C(Cl)c2ccccc2)c1. The molecular weight excluding hydrogens is 272 g/mol. The second-order valence-corrected chi connectivity index (χ2v) is 5.03. The van der Waals surface area contributed by atoms with Crippen LogP contribution in [0, 0.1) is 0 Å². The van der Waals surface area contributed by atoms with Crippen molar-refractivity contribution in [3.05, 3.63) is 71.3 Å². The fourth-order valence-corrected chi connectivity index (χ4v) is 2.35. The van der Waals surface area contributed by atoms with Crippen molar-refractivity contribution in [1.29, 1.82) is 0 Å². The van der Waals surface area contributed by atoms with Gasteiger partial charge in [-0.15, -0.1) is 11.6 Å². The van der Waals surface area contributed by atoms with Crippen molar-refractivity contribution in [2.24, 2.45) is 0 Å². The van der Waals surface area contributed by atoms with E-state index in [9.17, 15) is 4.79 Å². The summed E-state index contributed by atoms with van der Waals surface area (Å²) in [6.07, 6.45) is 1.05. The molecular formula is C17H17ClO2. The highest BCUT2D eigenvalue weighted by Crippen LogP contribution is 2.29. The first-order valence-corrected chi connectivity index (χ1v) is 6.99. The van der Waals surface area contributed by atoms with Crippen LogP contribution in [0.1, 0.15) is 28.5 Å². The van der Waals surface area contributed by atoms with Gasteiger partial charge in [0.05, 0.1) is 12.5 Å². The quantitative estimate of drug-likeness (QED) is 0.611. The summed E-state index contributed by atoms with van der Waals surface area (Å²) in [6, 6.07) is 18.0. The summed E-state index contributed by atoms with van der Waals surface area (Å²) in [4.78, 5) is 11.2. The number of rotatable bonds is 5. The number of carbonyl (C=O) groups excluding carboxylic acids is 1. The van der Waals surface area contributed by atoms with Crippen molar-refractivity contribution in [1.82, 2.24) is 0 Å². The van der Waals surface area contributed by atoms with E-state index in [-0.39, 0.29) is 11.3 Å². The third kappa shape index (κ3) is 3.84. The highest BCUT2D eigenvalue weighted by Gasteiger charge is 2.11. The number of hydrogen-bond acceptors (Lipinski definition) is 2. The van der Waals surface area contributed by atoms with E-state index in [0.717, 1.165) is 16.7 Å². The summed E-state index contributed by atoms with van der Waals surface area (Å²) in [6.45, 7) is 0. The number of hydrogen-bond donors (Lipinski definition) is 0. The predicted molar refractivity (Wildman–Crippen MR) is 80.9 cm³/mol. The molecule has 104 valence electrons. The standard InChI is InChI=1S/C17H17ClO2/c1-20-16(19)11-10-13-6-5-9-15(12-13)17(18)14-7-3-2-4-8-14/h2-9,12,17H,10-11H2,1H3. The van der Waals surface area contributed by atoms with Gasteiger partial charge < -0.3 is 4.74 Å². The minimum absolute atomic E-state index is 0.172. The van der Waals surface area contributed by atoms with Crippen LogP contribution in [0.2, 0.25) is 0 Å². The monoisotopic (exact) mass is 288 g/mol. The van der Waals surface area contributed by atoms with Crippen LogP contribution in [0.15, 0.2) is 54.6 Å². The molecule has 0 spiro atoms. The smallest absolute Gasteiger partial charge is 0.305 e. The Morgan fingerprint density at radius 2 is 1.80 bits per heavy atom. The van der Waals surface area contributed by atoms with E-state index in [1.54, 1.807) is 0 Å². The minimum atomic E-state index is -0.194. The lowest BCUT2D eigenvalue weighted by molar-refractivity contribution is -0.140. The maximum absolute atomic E-state index is 11.2. The Morgan fingerprint density at radius 3 is 2.50 bits per heavy atom. The summed E-state index contributed by atoms with van der Waals surface area (Å²) >= 11 is 6.50. The van der Waals surface area contributed by atoms with E-state index < -0.39 is 0 Å². The first-order chi connectivity index (χ1) is 9.70. The van der Waals surface area contributed by atoms with Crippen LogP contribution in [-0.4, -0.2) is 13.1 Å². The molecule has 0 radical (unpaired) electrons. The van der Waals surface area contributed by atoms with Gasteiger partial charge in [0.15, 0.2) is 0 Å². The zero-order valence-corrected chi connectivity index (χ0v) is 12.1. The molecule has 0 aliphatic rings. The topological polar surface area (TPSA) is 26.3 Å². The maximum atomic E-state index is 11.2. The van der Waals surface area contributed by atoms with Crippen LogP contribution in [-0.2, 0) is 16.0 Å². The molecule has 3 heteroatoms. The maximum Gasteiger partial charge on any atom is 0.305 e. The molecule has 2 aromatic carbocycles. The van der Waals surface area contributed by atoms with Gasteiger partial charge in [-0.3, -0.25) is 4.79 Å². The highest BCUT2D eigenvalue weighted by atomic mass is 35.5. The average Bonchev–Trinajstić information content (AvgIpc) is 2.53. The molecule has 0 aliphatic heterocycles. The Bertz CT molecular complexity index is 566. The van der Waals surface area contributed by atoms with Gasteiger partial charge in [-0.2, -0.15) is 0 Å². The number of aryl methyl sites for hydroxylation is 1. The molecule has 0 heterocycles. The summed E-state index contributed by atoms with van der Waals surface area (Å²) in [5, 5.41) is -0.172. The molecule has 0 amide bonds. The fourth-order valence-electron chi connectivity index (χ4n) is 2.07. The lowest BCUT2D eigenvalue weighted by atomic mass is 10.0. The predicted octanol–water partition coefficient (Wildman–Crippen LogP) is 4.12. The number of carbonyl (C=O) groups is 1. The Hall–Kier alpha value is -1.80. The number of methoxy groups -OCH3 is 1. The second-order valence-electron chi connectivity index (χ2n) is 4.59. The van der Waals surface area contributed by atoms with E-state index in [1.165, 1.54) is 7.11 Å². The largest absolute Gasteiger partial charge is 0.469 e. The summed E-state index contributed by atoms with van der Waals surface area (Å²) in [5.41, 5.74) is 3.20. The molecule has 0 bridgehead atoms. The molecule has 1 atom stereocenters. The molecule has 0 saturated carbocycles. The van der Waals surface area contributed by atoms with Crippen LogP contribution < -0.4 is 0 Å². The summed E-state index contributed by atoms with van der Waals surface area (Å²) in [7, 11) is 1.41. The Labute approximate surface area is 124 Å². The van der Waals surface area contributed by atoms with Gasteiger partial charge in [0.25, 0.3) is 0 Å². The molecule has 2 rings (SSSR count). The summed E-state index contributed by atoms with van der Waals surface area (Å²) in [5.74, 6) is -0.194. The highest BCUT2D eigenvalue weighted by molar-refractivity contribution is 6.22. The number of benzene rings is 2. The zero-order chi connectivity index (χ0) is 14.4. The lowest BCUT2D eigenvalue weighted by Gasteiger charge is -2.11. The third-order valence-electron chi connectivity index (χ3n) is 3.18. The van der Waals surface area contributed by atoms with Crippen LogP contribution in [0.3, 0.4) is 0 Å². The number of halogens is 1.